The minimum atomic E-state index is -4.31. The zero-order chi connectivity index (χ0) is 15.5. The summed E-state index contributed by atoms with van der Waals surface area (Å²) in [6.07, 6.45) is -4.29. The van der Waals surface area contributed by atoms with Crippen molar-refractivity contribution in [3.05, 3.63) is 30.1 Å². The van der Waals surface area contributed by atoms with E-state index in [4.69, 9.17) is 0 Å². The zero-order valence-corrected chi connectivity index (χ0v) is 11.6. The van der Waals surface area contributed by atoms with Gasteiger partial charge in [0.05, 0.1) is 30.5 Å². The highest BCUT2D eigenvalue weighted by atomic mass is 19.4. The van der Waals surface area contributed by atoms with Gasteiger partial charge in [0.15, 0.2) is 5.78 Å². The number of nitrogens with one attached hydrogen (secondary N) is 1. The van der Waals surface area contributed by atoms with Gasteiger partial charge in [-0.3, -0.25) is 4.79 Å². The fraction of sp³-hybridized carbons (Fsp3) is 0.429. The second-order valence-electron chi connectivity index (χ2n) is 4.70. The van der Waals surface area contributed by atoms with Gasteiger partial charge in [-0.25, -0.2) is 4.98 Å². The number of ketones is 1. The second-order valence-corrected chi connectivity index (χ2v) is 4.70. The summed E-state index contributed by atoms with van der Waals surface area (Å²) in [4.78, 5) is 16.1. The third kappa shape index (κ3) is 4.04. The number of carbonyl (C=O) groups excluding carboxylic acids is 1. The first-order chi connectivity index (χ1) is 9.90. The average molecular weight is 299 g/mol. The molecule has 7 heteroatoms. The Morgan fingerprint density at radius 1 is 1.33 bits per heavy atom. The molecular formula is C14H16F3N3O. The highest BCUT2D eigenvalue weighted by molar-refractivity contribution is 5.84. The number of aromatic nitrogens is 2. The number of aryl methyl sites for hydroxylation is 1. The average Bonchev–Trinajstić information content (AvgIpc) is 2.74. The van der Waals surface area contributed by atoms with Crippen LogP contribution in [0, 0.1) is 0 Å². The van der Waals surface area contributed by atoms with E-state index < -0.39 is 12.7 Å². The van der Waals surface area contributed by atoms with Crippen LogP contribution in [0.3, 0.4) is 0 Å². The lowest BCUT2D eigenvalue weighted by Crippen LogP contribution is -2.33. The number of hydrogen-bond acceptors (Lipinski definition) is 3. The lowest BCUT2D eigenvalue weighted by Gasteiger charge is -2.08. The van der Waals surface area contributed by atoms with Gasteiger partial charge in [-0.1, -0.05) is 12.1 Å². The molecule has 21 heavy (non-hydrogen) atoms. The SMILES string of the molecule is CCn1c(CC(=O)CNCC(F)(F)F)nc2ccccc21. The van der Waals surface area contributed by atoms with Crippen LogP contribution in [0.4, 0.5) is 13.2 Å². The number of hydrogen-bond donors (Lipinski definition) is 1. The van der Waals surface area contributed by atoms with Crippen LogP contribution in [0.2, 0.25) is 0 Å². The maximum atomic E-state index is 12.0. The molecule has 0 saturated heterocycles. The second kappa shape index (κ2) is 6.26. The Morgan fingerprint density at radius 2 is 2.05 bits per heavy atom. The molecule has 1 aromatic carbocycles. The first-order valence-corrected chi connectivity index (χ1v) is 6.64. The molecule has 0 radical (unpaired) electrons. The molecule has 0 unspecified atom stereocenters. The van der Waals surface area contributed by atoms with Crippen LogP contribution in [0.5, 0.6) is 0 Å². The van der Waals surface area contributed by atoms with Gasteiger partial charge in [0.25, 0.3) is 0 Å². The third-order valence-corrected chi connectivity index (χ3v) is 3.05. The van der Waals surface area contributed by atoms with Crippen LogP contribution >= 0.6 is 0 Å². The minimum absolute atomic E-state index is 0.0212. The smallest absolute Gasteiger partial charge is 0.328 e. The third-order valence-electron chi connectivity index (χ3n) is 3.05. The summed E-state index contributed by atoms with van der Waals surface area (Å²) < 4.78 is 37.9. The Kier molecular flexibility index (Phi) is 4.62. The van der Waals surface area contributed by atoms with E-state index in [0.717, 1.165) is 11.0 Å². The topological polar surface area (TPSA) is 46.9 Å². The first-order valence-electron chi connectivity index (χ1n) is 6.64. The molecule has 1 heterocycles. The standard InChI is InChI=1S/C14H16F3N3O/c1-2-20-12-6-4-3-5-11(12)19-13(20)7-10(21)8-18-9-14(15,16)17/h3-6,18H,2,7-9H2,1H3. The van der Waals surface area contributed by atoms with E-state index in [1.54, 1.807) is 0 Å². The number of alkyl halides is 3. The summed E-state index contributed by atoms with van der Waals surface area (Å²) in [5, 5.41) is 2.11. The molecule has 1 N–H and O–H groups in total. The molecule has 0 atom stereocenters. The van der Waals surface area contributed by atoms with Gasteiger partial charge in [-0.05, 0) is 19.1 Å². The summed E-state index contributed by atoms with van der Waals surface area (Å²) in [5.41, 5.74) is 1.71. The molecular weight excluding hydrogens is 283 g/mol. The normalized spacial score (nSPS) is 12.0. The fourth-order valence-corrected chi connectivity index (χ4v) is 2.20. The Hall–Kier alpha value is -1.89. The zero-order valence-electron chi connectivity index (χ0n) is 11.6. The van der Waals surface area contributed by atoms with Gasteiger partial charge >= 0.3 is 6.18 Å². The van der Waals surface area contributed by atoms with Gasteiger partial charge in [-0.2, -0.15) is 13.2 Å². The number of nitrogens with zero attached hydrogens (tertiary/aromatic N) is 2. The number of Topliss-reactive ketones (excluding diaryl/α,β-unsaturated/α-hetero) is 1. The van der Waals surface area contributed by atoms with E-state index in [-0.39, 0.29) is 18.7 Å². The molecule has 0 aliphatic heterocycles. The molecule has 0 spiro atoms. The number of carbonyl (C=O) groups is 1. The molecule has 2 rings (SSSR count). The van der Waals surface area contributed by atoms with Gasteiger partial charge in [0.2, 0.25) is 0 Å². The van der Waals surface area contributed by atoms with E-state index in [0.29, 0.717) is 12.4 Å². The number of benzene rings is 1. The van der Waals surface area contributed by atoms with Crippen molar-refractivity contribution >= 4 is 16.8 Å². The van der Waals surface area contributed by atoms with E-state index in [9.17, 15) is 18.0 Å². The van der Waals surface area contributed by atoms with Crippen LogP contribution in [-0.2, 0) is 17.8 Å². The number of imidazole rings is 1. The number of fused-ring (bicyclic) bond motifs is 1. The predicted molar refractivity (Wildman–Crippen MR) is 73.0 cm³/mol. The van der Waals surface area contributed by atoms with Gasteiger partial charge in [0.1, 0.15) is 5.82 Å². The number of halogens is 3. The maximum absolute atomic E-state index is 12.0. The predicted octanol–water partition coefficient (Wildman–Crippen LogP) is 2.32. The van der Waals surface area contributed by atoms with Crippen LogP contribution in [0.15, 0.2) is 24.3 Å². The Balaban J connectivity index is 2.04. The van der Waals surface area contributed by atoms with E-state index in [2.05, 4.69) is 10.3 Å². The van der Waals surface area contributed by atoms with Gasteiger partial charge in [0, 0.05) is 6.54 Å². The number of para-hydroxylation sites is 2. The quantitative estimate of drug-likeness (QED) is 0.890. The van der Waals surface area contributed by atoms with E-state index in [1.807, 2.05) is 35.8 Å². The van der Waals surface area contributed by atoms with Crippen molar-refractivity contribution in [2.24, 2.45) is 0 Å². The van der Waals surface area contributed by atoms with Crippen LogP contribution in [-0.4, -0.2) is 34.6 Å². The molecule has 0 amide bonds. The molecule has 114 valence electrons. The Morgan fingerprint density at radius 3 is 2.71 bits per heavy atom. The molecule has 0 aliphatic rings. The largest absolute Gasteiger partial charge is 0.401 e. The van der Waals surface area contributed by atoms with Gasteiger partial charge in [-0.15, -0.1) is 0 Å². The van der Waals surface area contributed by atoms with Crippen molar-refractivity contribution in [3.63, 3.8) is 0 Å². The molecule has 2 aromatic rings. The molecule has 1 aromatic heterocycles. The van der Waals surface area contributed by atoms with Crippen LogP contribution in [0.25, 0.3) is 11.0 Å². The molecule has 4 nitrogen and oxygen atoms in total. The molecule has 0 fully saturated rings. The van der Waals surface area contributed by atoms with E-state index in [1.165, 1.54) is 0 Å². The number of rotatable bonds is 6. The van der Waals surface area contributed by atoms with Crippen LogP contribution < -0.4 is 5.32 Å². The highest BCUT2D eigenvalue weighted by Crippen LogP contribution is 2.16. The Bertz CT molecular complexity index is 634. The van der Waals surface area contributed by atoms with Crippen molar-refractivity contribution in [2.75, 3.05) is 13.1 Å². The summed E-state index contributed by atoms with van der Waals surface area (Å²) >= 11 is 0. The molecule has 0 saturated carbocycles. The van der Waals surface area contributed by atoms with Crippen molar-refractivity contribution in [1.82, 2.24) is 14.9 Å². The summed E-state index contributed by atoms with van der Waals surface area (Å²) in [6, 6.07) is 7.48. The van der Waals surface area contributed by atoms with Crippen LogP contribution in [0.1, 0.15) is 12.7 Å². The minimum Gasteiger partial charge on any atom is -0.328 e. The summed E-state index contributed by atoms with van der Waals surface area (Å²) in [7, 11) is 0. The van der Waals surface area contributed by atoms with Crippen molar-refractivity contribution in [3.8, 4) is 0 Å². The summed E-state index contributed by atoms with van der Waals surface area (Å²) in [6.45, 7) is 1.11. The lowest BCUT2D eigenvalue weighted by molar-refractivity contribution is -0.127. The van der Waals surface area contributed by atoms with Crippen molar-refractivity contribution in [2.45, 2.75) is 26.1 Å². The highest BCUT2D eigenvalue weighted by Gasteiger charge is 2.26. The first kappa shape index (κ1) is 15.5. The fourth-order valence-electron chi connectivity index (χ4n) is 2.20. The van der Waals surface area contributed by atoms with E-state index >= 15 is 0 Å². The lowest BCUT2D eigenvalue weighted by atomic mass is 10.2. The summed E-state index contributed by atoms with van der Waals surface area (Å²) in [5.74, 6) is 0.266. The van der Waals surface area contributed by atoms with Gasteiger partial charge < -0.3 is 9.88 Å². The Labute approximate surface area is 120 Å². The molecule has 0 aliphatic carbocycles. The van der Waals surface area contributed by atoms with Crippen molar-refractivity contribution in [1.29, 1.82) is 0 Å². The van der Waals surface area contributed by atoms with Crippen molar-refractivity contribution < 1.29 is 18.0 Å². The molecule has 0 bridgehead atoms. The monoisotopic (exact) mass is 299 g/mol. The maximum Gasteiger partial charge on any atom is 0.401 e.